The molecule has 0 bridgehead atoms. The quantitative estimate of drug-likeness (QED) is 0.927. The number of nitrogens with two attached hydrogens (primary N) is 1. The van der Waals surface area contributed by atoms with E-state index in [-0.39, 0.29) is 18.4 Å². The predicted octanol–water partition coefficient (Wildman–Crippen LogP) is 2.20. The largest absolute Gasteiger partial charge is 0.493 e. The van der Waals surface area contributed by atoms with Crippen molar-refractivity contribution < 1.29 is 14.0 Å². The van der Waals surface area contributed by atoms with Crippen molar-refractivity contribution in [2.45, 2.75) is 13.0 Å². The molecule has 1 aromatic heterocycles. The van der Waals surface area contributed by atoms with E-state index in [2.05, 4.69) is 10.1 Å². The standard InChI is InChI=1S/C12H15N3O3.ClH/c1-7(13)12-14-11(15-18-12)8-4-5-9(16-2)10(6-8)17-3;/h4-7H,13H2,1-3H3;1H/t7-;/m1./s1. The third kappa shape index (κ3) is 3.15. The molecule has 1 aromatic carbocycles. The molecular formula is C12H16ClN3O3. The van der Waals surface area contributed by atoms with Crippen LogP contribution in [-0.4, -0.2) is 24.4 Å². The maximum atomic E-state index is 5.67. The molecule has 1 heterocycles. The summed E-state index contributed by atoms with van der Waals surface area (Å²) in [5.74, 6) is 2.14. The highest BCUT2D eigenvalue weighted by Gasteiger charge is 2.13. The third-order valence-electron chi connectivity index (χ3n) is 2.47. The molecule has 0 aliphatic rings. The number of methoxy groups -OCH3 is 2. The zero-order valence-corrected chi connectivity index (χ0v) is 11.7. The summed E-state index contributed by atoms with van der Waals surface area (Å²) < 4.78 is 15.4. The molecule has 0 unspecified atom stereocenters. The van der Waals surface area contributed by atoms with Crippen LogP contribution in [0.3, 0.4) is 0 Å². The first-order valence-corrected chi connectivity index (χ1v) is 5.47. The van der Waals surface area contributed by atoms with Crippen LogP contribution in [0.5, 0.6) is 11.5 Å². The van der Waals surface area contributed by atoms with Gasteiger partial charge in [0.05, 0.1) is 20.3 Å². The van der Waals surface area contributed by atoms with Crippen molar-refractivity contribution in [3.8, 4) is 22.9 Å². The molecule has 0 aliphatic heterocycles. The van der Waals surface area contributed by atoms with Gasteiger partial charge in [-0.3, -0.25) is 0 Å². The summed E-state index contributed by atoms with van der Waals surface area (Å²) in [6, 6.07) is 5.12. The Labute approximate surface area is 117 Å². The van der Waals surface area contributed by atoms with Crippen molar-refractivity contribution in [3.63, 3.8) is 0 Å². The molecule has 0 spiro atoms. The van der Waals surface area contributed by atoms with Gasteiger partial charge in [0.2, 0.25) is 11.7 Å². The second-order valence-corrected chi connectivity index (χ2v) is 3.81. The van der Waals surface area contributed by atoms with E-state index in [1.54, 1.807) is 33.3 Å². The minimum atomic E-state index is -0.286. The Balaban J connectivity index is 0.00000180. The highest BCUT2D eigenvalue weighted by atomic mass is 35.5. The van der Waals surface area contributed by atoms with Crippen LogP contribution in [0.15, 0.2) is 22.7 Å². The fourth-order valence-corrected chi connectivity index (χ4v) is 1.51. The van der Waals surface area contributed by atoms with Gasteiger partial charge in [0.1, 0.15) is 0 Å². The van der Waals surface area contributed by atoms with Gasteiger partial charge in [-0.25, -0.2) is 0 Å². The summed E-state index contributed by atoms with van der Waals surface area (Å²) >= 11 is 0. The number of ether oxygens (including phenoxy) is 2. The minimum Gasteiger partial charge on any atom is -0.493 e. The lowest BCUT2D eigenvalue weighted by atomic mass is 10.2. The number of hydrogen-bond acceptors (Lipinski definition) is 6. The maximum Gasteiger partial charge on any atom is 0.243 e. The highest BCUT2D eigenvalue weighted by molar-refractivity contribution is 5.85. The number of aromatic nitrogens is 2. The molecule has 2 rings (SSSR count). The summed E-state index contributed by atoms with van der Waals surface area (Å²) in [6.07, 6.45) is 0. The van der Waals surface area contributed by atoms with E-state index in [0.29, 0.717) is 23.2 Å². The van der Waals surface area contributed by atoms with Crippen molar-refractivity contribution >= 4 is 12.4 Å². The number of halogens is 1. The van der Waals surface area contributed by atoms with E-state index in [4.69, 9.17) is 19.7 Å². The smallest absolute Gasteiger partial charge is 0.243 e. The summed E-state index contributed by atoms with van der Waals surface area (Å²) in [6.45, 7) is 1.78. The van der Waals surface area contributed by atoms with Crippen molar-refractivity contribution in [3.05, 3.63) is 24.1 Å². The summed E-state index contributed by atoms with van der Waals surface area (Å²) in [7, 11) is 3.16. The van der Waals surface area contributed by atoms with Gasteiger partial charge in [0.15, 0.2) is 11.5 Å². The van der Waals surface area contributed by atoms with E-state index in [1.807, 2.05) is 6.07 Å². The molecule has 19 heavy (non-hydrogen) atoms. The highest BCUT2D eigenvalue weighted by Crippen LogP contribution is 2.31. The Kier molecular flexibility index (Phi) is 5.14. The van der Waals surface area contributed by atoms with Crippen molar-refractivity contribution in [2.24, 2.45) is 5.73 Å². The molecule has 0 amide bonds. The first-order valence-electron chi connectivity index (χ1n) is 5.47. The first kappa shape index (κ1) is 15.3. The summed E-state index contributed by atoms with van der Waals surface area (Å²) in [5, 5.41) is 3.88. The number of benzene rings is 1. The van der Waals surface area contributed by atoms with Crippen LogP contribution in [0.4, 0.5) is 0 Å². The van der Waals surface area contributed by atoms with Crippen LogP contribution in [0.25, 0.3) is 11.4 Å². The van der Waals surface area contributed by atoms with Crippen molar-refractivity contribution in [2.75, 3.05) is 14.2 Å². The Morgan fingerprint density at radius 2 is 1.89 bits per heavy atom. The van der Waals surface area contributed by atoms with Crippen LogP contribution in [0.2, 0.25) is 0 Å². The molecule has 0 radical (unpaired) electrons. The normalized spacial score (nSPS) is 11.6. The molecule has 0 aliphatic carbocycles. The molecule has 2 N–H and O–H groups in total. The fourth-order valence-electron chi connectivity index (χ4n) is 1.51. The average molecular weight is 286 g/mol. The first-order chi connectivity index (χ1) is 8.65. The van der Waals surface area contributed by atoms with Gasteiger partial charge in [-0.1, -0.05) is 5.16 Å². The van der Waals surface area contributed by atoms with Crippen LogP contribution in [-0.2, 0) is 0 Å². The minimum absolute atomic E-state index is 0. The molecule has 104 valence electrons. The molecular weight excluding hydrogens is 270 g/mol. The molecule has 0 fully saturated rings. The number of nitrogens with zero attached hydrogens (tertiary/aromatic N) is 2. The number of rotatable bonds is 4. The monoisotopic (exact) mass is 285 g/mol. The predicted molar refractivity (Wildman–Crippen MR) is 72.7 cm³/mol. The third-order valence-corrected chi connectivity index (χ3v) is 2.47. The fraction of sp³-hybridized carbons (Fsp3) is 0.333. The van der Waals surface area contributed by atoms with Crippen LogP contribution in [0.1, 0.15) is 18.9 Å². The lowest BCUT2D eigenvalue weighted by Crippen LogP contribution is -2.04. The van der Waals surface area contributed by atoms with Gasteiger partial charge < -0.3 is 19.7 Å². The Morgan fingerprint density at radius 1 is 1.21 bits per heavy atom. The molecule has 0 saturated heterocycles. The van der Waals surface area contributed by atoms with E-state index in [1.165, 1.54) is 0 Å². The molecule has 2 aromatic rings. The van der Waals surface area contributed by atoms with Gasteiger partial charge in [-0.2, -0.15) is 4.98 Å². The molecule has 0 saturated carbocycles. The van der Waals surface area contributed by atoms with Gasteiger partial charge in [0.25, 0.3) is 0 Å². The second kappa shape index (κ2) is 6.40. The van der Waals surface area contributed by atoms with Gasteiger partial charge in [-0.15, -0.1) is 12.4 Å². The summed E-state index contributed by atoms with van der Waals surface area (Å²) in [5.41, 5.74) is 6.45. The zero-order chi connectivity index (χ0) is 13.1. The van der Waals surface area contributed by atoms with E-state index in [0.717, 1.165) is 5.56 Å². The second-order valence-electron chi connectivity index (χ2n) is 3.81. The van der Waals surface area contributed by atoms with Crippen molar-refractivity contribution in [1.82, 2.24) is 10.1 Å². The summed E-state index contributed by atoms with van der Waals surface area (Å²) in [4.78, 5) is 4.21. The van der Waals surface area contributed by atoms with Gasteiger partial charge in [-0.05, 0) is 25.1 Å². The van der Waals surface area contributed by atoms with E-state index < -0.39 is 0 Å². The zero-order valence-electron chi connectivity index (χ0n) is 10.9. The van der Waals surface area contributed by atoms with Crippen LogP contribution < -0.4 is 15.2 Å². The van der Waals surface area contributed by atoms with Crippen LogP contribution >= 0.6 is 12.4 Å². The molecule has 7 heteroatoms. The van der Waals surface area contributed by atoms with Crippen LogP contribution in [0, 0.1) is 0 Å². The SMILES string of the molecule is COc1ccc(-c2noc([C@@H](C)N)n2)cc1OC.Cl. The molecule has 1 atom stereocenters. The van der Waals surface area contributed by atoms with Gasteiger partial charge >= 0.3 is 0 Å². The lowest BCUT2D eigenvalue weighted by molar-refractivity contribution is 0.355. The Hall–Kier alpha value is -1.79. The lowest BCUT2D eigenvalue weighted by Gasteiger charge is -2.07. The van der Waals surface area contributed by atoms with Gasteiger partial charge in [0, 0.05) is 5.56 Å². The van der Waals surface area contributed by atoms with E-state index >= 15 is 0 Å². The Bertz CT molecular complexity index is 543. The maximum absolute atomic E-state index is 5.67. The Morgan fingerprint density at radius 3 is 2.42 bits per heavy atom. The molecule has 6 nitrogen and oxygen atoms in total. The van der Waals surface area contributed by atoms with E-state index in [9.17, 15) is 0 Å². The topological polar surface area (TPSA) is 83.4 Å². The average Bonchev–Trinajstić information content (AvgIpc) is 2.87. The van der Waals surface area contributed by atoms with Crippen molar-refractivity contribution in [1.29, 1.82) is 0 Å². The number of hydrogen-bond donors (Lipinski definition) is 1.